The Morgan fingerprint density at radius 1 is 0.644 bits per heavy atom. The van der Waals surface area contributed by atoms with Crippen molar-refractivity contribution >= 4 is 18.0 Å². The van der Waals surface area contributed by atoms with Crippen LogP contribution in [0.25, 0.3) is 23.0 Å². The molecule has 1 aliphatic heterocycles. The summed E-state index contributed by atoms with van der Waals surface area (Å²) in [7, 11) is 9.63. The molecule has 232 valence electrons. The highest BCUT2D eigenvalue weighted by atomic mass is 16.5. The molecule has 0 saturated heterocycles. The molecule has 0 saturated carbocycles. The molecule has 1 aliphatic rings. The van der Waals surface area contributed by atoms with Gasteiger partial charge in [-0.3, -0.25) is 9.98 Å². The highest BCUT2D eigenvalue weighted by Gasteiger charge is 2.32. The SMILES string of the molecule is COc1cc(-c2ccc(C3=C(/C=C/c4ccccc4)CC(C)(c4cc(OC)c(OC)c(OC)c4)C=N3)cn2)cc(OC)c1OC. The minimum Gasteiger partial charge on any atom is -0.493 e. The maximum atomic E-state index is 5.66. The van der Waals surface area contributed by atoms with E-state index in [1.165, 1.54) is 0 Å². The van der Waals surface area contributed by atoms with Gasteiger partial charge in [0.1, 0.15) is 0 Å². The van der Waals surface area contributed by atoms with E-state index in [0.29, 0.717) is 40.9 Å². The van der Waals surface area contributed by atoms with Gasteiger partial charge in [-0.1, -0.05) is 49.4 Å². The first-order chi connectivity index (χ1) is 21.9. The summed E-state index contributed by atoms with van der Waals surface area (Å²) >= 11 is 0. The number of allylic oxidation sites excluding steroid dienone is 2. The topological polar surface area (TPSA) is 80.6 Å². The van der Waals surface area contributed by atoms with E-state index in [2.05, 4.69) is 31.2 Å². The van der Waals surface area contributed by atoms with Crippen molar-refractivity contribution in [3.63, 3.8) is 0 Å². The van der Waals surface area contributed by atoms with Crippen molar-refractivity contribution in [3.8, 4) is 45.8 Å². The summed E-state index contributed by atoms with van der Waals surface area (Å²) in [6.07, 6.45) is 8.79. The molecule has 0 N–H and O–H groups in total. The van der Waals surface area contributed by atoms with E-state index < -0.39 is 5.41 Å². The third-order valence-corrected chi connectivity index (χ3v) is 7.94. The number of methoxy groups -OCH3 is 6. The molecule has 5 rings (SSSR count). The van der Waals surface area contributed by atoms with Crippen LogP contribution in [0.5, 0.6) is 34.5 Å². The van der Waals surface area contributed by atoms with Crippen LogP contribution >= 0.6 is 0 Å². The highest BCUT2D eigenvalue weighted by molar-refractivity contribution is 5.88. The molecule has 3 aromatic carbocycles. The maximum absolute atomic E-state index is 5.66. The van der Waals surface area contributed by atoms with Crippen molar-refractivity contribution in [2.24, 2.45) is 4.99 Å². The zero-order valence-corrected chi connectivity index (χ0v) is 26.7. The lowest BCUT2D eigenvalue weighted by Crippen LogP contribution is -2.27. The van der Waals surface area contributed by atoms with Crippen LogP contribution < -0.4 is 28.4 Å². The minimum atomic E-state index is -0.448. The van der Waals surface area contributed by atoms with E-state index in [4.69, 9.17) is 38.4 Å². The van der Waals surface area contributed by atoms with E-state index >= 15 is 0 Å². The monoisotopic (exact) mass is 606 g/mol. The van der Waals surface area contributed by atoms with E-state index in [9.17, 15) is 0 Å². The number of aromatic nitrogens is 1. The van der Waals surface area contributed by atoms with Crippen LogP contribution in [0, 0.1) is 0 Å². The van der Waals surface area contributed by atoms with Crippen LogP contribution in [0.4, 0.5) is 0 Å². The van der Waals surface area contributed by atoms with E-state index in [-0.39, 0.29) is 0 Å². The molecule has 8 nitrogen and oxygen atoms in total. The van der Waals surface area contributed by atoms with Crippen LogP contribution in [-0.4, -0.2) is 53.9 Å². The lowest BCUT2D eigenvalue weighted by atomic mass is 9.75. The second-order valence-electron chi connectivity index (χ2n) is 10.7. The summed E-state index contributed by atoms with van der Waals surface area (Å²) in [5.41, 5.74) is 6.10. The molecule has 4 aromatic rings. The Hall–Kier alpha value is -5.24. The maximum Gasteiger partial charge on any atom is 0.203 e. The number of rotatable bonds is 11. The predicted molar refractivity (Wildman–Crippen MR) is 178 cm³/mol. The smallest absolute Gasteiger partial charge is 0.203 e. The molecule has 0 spiro atoms. The average molecular weight is 607 g/mol. The van der Waals surface area contributed by atoms with Gasteiger partial charge in [-0.2, -0.15) is 0 Å². The average Bonchev–Trinajstić information content (AvgIpc) is 3.09. The van der Waals surface area contributed by atoms with E-state index in [0.717, 1.165) is 39.2 Å². The molecule has 1 atom stereocenters. The number of hydrogen-bond donors (Lipinski definition) is 0. The Balaban J connectivity index is 1.56. The molecule has 0 amide bonds. The van der Waals surface area contributed by atoms with Crippen molar-refractivity contribution < 1.29 is 28.4 Å². The first-order valence-electron chi connectivity index (χ1n) is 14.5. The van der Waals surface area contributed by atoms with Crippen molar-refractivity contribution in [1.29, 1.82) is 0 Å². The van der Waals surface area contributed by atoms with Gasteiger partial charge in [0.15, 0.2) is 23.0 Å². The largest absolute Gasteiger partial charge is 0.493 e. The molecule has 2 heterocycles. The number of ether oxygens (including phenoxy) is 6. The minimum absolute atomic E-state index is 0.448. The fourth-order valence-corrected chi connectivity index (χ4v) is 5.49. The van der Waals surface area contributed by atoms with Gasteiger partial charge in [-0.15, -0.1) is 0 Å². The molecular formula is C37H38N2O6. The van der Waals surface area contributed by atoms with Crippen LogP contribution in [-0.2, 0) is 5.41 Å². The number of hydrogen-bond acceptors (Lipinski definition) is 8. The van der Waals surface area contributed by atoms with Gasteiger partial charge in [-0.25, -0.2) is 0 Å². The standard InChI is InChI=1S/C37H38N2O6/c1-37(28-19-32(42-4)36(45-7)33(20-28)43-5)21-25(14-13-24-11-9-8-10-12-24)34(39-23-37)26-15-16-29(38-22-26)27-17-30(40-2)35(44-6)31(18-27)41-3/h8-20,22-23H,21H2,1-7H3/b14-13+. The van der Waals surface area contributed by atoms with Gasteiger partial charge < -0.3 is 28.4 Å². The van der Waals surface area contributed by atoms with Gasteiger partial charge in [0, 0.05) is 29.0 Å². The predicted octanol–water partition coefficient (Wildman–Crippen LogP) is 7.66. The first-order valence-corrected chi connectivity index (χ1v) is 14.5. The Morgan fingerprint density at radius 2 is 1.22 bits per heavy atom. The Kier molecular flexibility index (Phi) is 9.42. The van der Waals surface area contributed by atoms with Crippen LogP contribution in [0.15, 0.2) is 89.6 Å². The Bertz CT molecular complexity index is 1690. The van der Waals surface area contributed by atoms with Gasteiger partial charge in [0.05, 0.1) is 54.0 Å². The fourth-order valence-electron chi connectivity index (χ4n) is 5.49. The van der Waals surface area contributed by atoms with E-state index in [1.807, 2.05) is 67.0 Å². The molecule has 0 bridgehead atoms. The molecule has 1 unspecified atom stereocenters. The van der Waals surface area contributed by atoms with E-state index in [1.54, 1.807) is 42.7 Å². The number of aliphatic imine (C=N–C) groups is 1. The molecular weight excluding hydrogens is 568 g/mol. The third-order valence-electron chi connectivity index (χ3n) is 7.94. The lowest BCUT2D eigenvalue weighted by molar-refractivity contribution is 0.323. The van der Waals surface area contributed by atoms with Crippen LogP contribution in [0.3, 0.4) is 0 Å². The Labute approximate surface area is 264 Å². The quantitative estimate of drug-likeness (QED) is 0.173. The number of pyridine rings is 1. The summed E-state index contributed by atoms with van der Waals surface area (Å²) in [6.45, 7) is 2.16. The summed E-state index contributed by atoms with van der Waals surface area (Å²) in [4.78, 5) is 9.86. The van der Waals surface area contributed by atoms with Gasteiger partial charge in [0.25, 0.3) is 0 Å². The first kappa shape index (κ1) is 31.2. The van der Waals surface area contributed by atoms with Gasteiger partial charge in [-0.05, 0) is 59.5 Å². The summed E-state index contributed by atoms with van der Waals surface area (Å²) < 4.78 is 33.5. The van der Waals surface area contributed by atoms with Crippen molar-refractivity contribution in [1.82, 2.24) is 4.98 Å². The summed E-state index contributed by atoms with van der Waals surface area (Å²) in [5.74, 6) is 3.42. The molecule has 0 fully saturated rings. The van der Waals surface area contributed by atoms with Crippen molar-refractivity contribution in [2.75, 3.05) is 42.7 Å². The van der Waals surface area contributed by atoms with Gasteiger partial charge >= 0.3 is 0 Å². The van der Waals surface area contributed by atoms with Crippen LogP contribution in [0.1, 0.15) is 30.0 Å². The number of nitrogens with zero attached hydrogens (tertiary/aromatic N) is 2. The molecule has 1 aromatic heterocycles. The number of benzene rings is 3. The lowest BCUT2D eigenvalue weighted by Gasteiger charge is -2.31. The third kappa shape index (κ3) is 6.36. The fraction of sp³-hybridized carbons (Fsp3) is 0.243. The van der Waals surface area contributed by atoms with Gasteiger partial charge in [0.2, 0.25) is 11.5 Å². The Morgan fingerprint density at radius 3 is 1.73 bits per heavy atom. The normalized spacial score (nSPS) is 16.1. The molecule has 45 heavy (non-hydrogen) atoms. The second-order valence-corrected chi connectivity index (χ2v) is 10.7. The van der Waals surface area contributed by atoms with Crippen LogP contribution in [0.2, 0.25) is 0 Å². The second kappa shape index (κ2) is 13.6. The highest BCUT2D eigenvalue weighted by Crippen LogP contribution is 2.45. The molecule has 8 heteroatoms. The molecule has 0 aliphatic carbocycles. The molecule has 0 radical (unpaired) electrons. The zero-order valence-electron chi connectivity index (χ0n) is 26.7. The van der Waals surface area contributed by atoms with Crippen molar-refractivity contribution in [3.05, 3.63) is 101 Å². The van der Waals surface area contributed by atoms with Crippen molar-refractivity contribution in [2.45, 2.75) is 18.8 Å². The summed E-state index contributed by atoms with van der Waals surface area (Å²) in [5, 5.41) is 0. The zero-order chi connectivity index (χ0) is 32.0. The summed E-state index contributed by atoms with van der Waals surface area (Å²) in [6, 6.07) is 22.0.